The molecule has 0 aliphatic rings. The fourth-order valence-electron chi connectivity index (χ4n) is 1.49. The Balaban J connectivity index is 2.46. The second-order valence-electron chi connectivity index (χ2n) is 5.74. The molecule has 1 rings (SSSR count). The number of nitrogens with one attached hydrogen (secondary N) is 1. The van der Waals surface area contributed by atoms with Crippen LogP contribution in [0.3, 0.4) is 0 Å². The minimum absolute atomic E-state index is 0.434. The van der Waals surface area contributed by atoms with Crippen molar-refractivity contribution in [2.45, 2.75) is 45.1 Å². The van der Waals surface area contributed by atoms with Crippen molar-refractivity contribution in [2.75, 3.05) is 12.8 Å². The minimum Gasteiger partial charge on any atom is -0.313 e. The zero-order valence-electron chi connectivity index (χ0n) is 11.7. The molecule has 0 aromatic heterocycles. The summed E-state index contributed by atoms with van der Waals surface area (Å²) >= 11 is 1.95. The maximum atomic E-state index is 3.26. The summed E-state index contributed by atoms with van der Waals surface area (Å²) in [5.74, 6) is 1.20. The quantitative estimate of drug-likeness (QED) is 0.774. The van der Waals surface area contributed by atoms with Crippen LogP contribution in [0.4, 0.5) is 0 Å². The average Bonchev–Trinajstić information content (AvgIpc) is 2.27. The van der Waals surface area contributed by atoms with Crippen LogP contribution < -0.4 is 5.32 Å². The lowest BCUT2D eigenvalue weighted by Crippen LogP contribution is -2.11. The van der Waals surface area contributed by atoms with Crippen LogP contribution >= 0.6 is 11.8 Å². The van der Waals surface area contributed by atoms with Gasteiger partial charge in [0.05, 0.1) is 0 Å². The van der Waals surface area contributed by atoms with Gasteiger partial charge in [-0.3, -0.25) is 0 Å². The van der Waals surface area contributed by atoms with E-state index in [2.05, 4.69) is 57.3 Å². The molecule has 1 N–H and O–H groups in total. The predicted octanol–water partition coefficient (Wildman–Crippen LogP) is 4.50. The van der Waals surface area contributed by atoms with Crippen LogP contribution in [-0.4, -0.2) is 12.8 Å². The van der Waals surface area contributed by atoms with E-state index in [-0.39, 0.29) is 0 Å². The fraction of sp³-hybridized carbons (Fsp3) is 0.600. The first-order valence-electron chi connectivity index (χ1n) is 6.32. The molecule has 0 radical (unpaired) electrons. The molecule has 0 saturated heterocycles. The molecule has 0 aliphatic heterocycles. The largest absolute Gasteiger partial charge is 0.313 e. The molecule has 17 heavy (non-hydrogen) atoms. The number of hydrogen-bond acceptors (Lipinski definition) is 2. The van der Waals surface area contributed by atoms with Crippen LogP contribution in [0.1, 0.15) is 45.7 Å². The molecule has 1 unspecified atom stereocenters. The summed E-state index contributed by atoms with van der Waals surface area (Å²) in [5.41, 5.74) is 1.79. The highest BCUT2D eigenvalue weighted by Gasteiger charge is 2.09. The van der Waals surface area contributed by atoms with Crippen LogP contribution in [0.25, 0.3) is 0 Å². The maximum absolute atomic E-state index is 3.26. The van der Waals surface area contributed by atoms with E-state index in [1.165, 1.54) is 22.6 Å². The topological polar surface area (TPSA) is 12.0 Å². The van der Waals surface area contributed by atoms with Gasteiger partial charge in [0.1, 0.15) is 0 Å². The van der Waals surface area contributed by atoms with Gasteiger partial charge < -0.3 is 5.32 Å². The van der Waals surface area contributed by atoms with E-state index in [1.54, 1.807) is 0 Å². The molecule has 0 saturated carbocycles. The molecule has 96 valence electrons. The van der Waals surface area contributed by atoms with Gasteiger partial charge in [0.15, 0.2) is 0 Å². The standard InChI is InChI=1S/C15H25NS/c1-12(16-5)13-6-8-14(9-7-13)17-11-10-15(2,3)4/h6-9,12,16H,10-11H2,1-5H3. The van der Waals surface area contributed by atoms with E-state index in [1.807, 2.05) is 18.8 Å². The Bertz CT molecular complexity index is 324. The molecule has 0 fully saturated rings. The number of rotatable bonds is 5. The molecule has 1 atom stereocenters. The summed E-state index contributed by atoms with van der Waals surface area (Å²) in [6.07, 6.45) is 1.26. The highest BCUT2D eigenvalue weighted by molar-refractivity contribution is 7.99. The monoisotopic (exact) mass is 251 g/mol. The zero-order chi connectivity index (χ0) is 12.9. The van der Waals surface area contributed by atoms with Crippen molar-refractivity contribution in [3.05, 3.63) is 29.8 Å². The van der Waals surface area contributed by atoms with Crippen LogP contribution in [0.5, 0.6) is 0 Å². The van der Waals surface area contributed by atoms with Gasteiger partial charge >= 0.3 is 0 Å². The van der Waals surface area contributed by atoms with Gasteiger partial charge in [-0.15, -0.1) is 11.8 Å². The molecule has 1 nitrogen and oxygen atoms in total. The Labute approximate surface area is 110 Å². The minimum atomic E-state index is 0.434. The first-order chi connectivity index (χ1) is 7.92. The average molecular weight is 251 g/mol. The van der Waals surface area contributed by atoms with E-state index >= 15 is 0 Å². The van der Waals surface area contributed by atoms with Crippen molar-refractivity contribution >= 4 is 11.8 Å². The highest BCUT2D eigenvalue weighted by atomic mass is 32.2. The van der Waals surface area contributed by atoms with Gasteiger partial charge in [0.2, 0.25) is 0 Å². The van der Waals surface area contributed by atoms with Gasteiger partial charge in [-0.05, 0) is 49.3 Å². The van der Waals surface area contributed by atoms with Crippen LogP contribution in [0, 0.1) is 5.41 Å². The normalized spacial score (nSPS) is 13.7. The molecule has 1 aromatic rings. The number of benzene rings is 1. The van der Waals surface area contributed by atoms with E-state index in [0.29, 0.717) is 11.5 Å². The van der Waals surface area contributed by atoms with Crippen LogP contribution in [-0.2, 0) is 0 Å². The second kappa shape index (κ2) is 6.46. The lowest BCUT2D eigenvalue weighted by Gasteiger charge is -2.17. The lowest BCUT2D eigenvalue weighted by molar-refractivity contribution is 0.401. The van der Waals surface area contributed by atoms with E-state index in [9.17, 15) is 0 Å². The van der Waals surface area contributed by atoms with Gasteiger partial charge in [-0.1, -0.05) is 32.9 Å². The van der Waals surface area contributed by atoms with E-state index in [4.69, 9.17) is 0 Å². The van der Waals surface area contributed by atoms with Crippen molar-refractivity contribution in [1.29, 1.82) is 0 Å². The van der Waals surface area contributed by atoms with Gasteiger partial charge in [0, 0.05) is 10.9 Å². The van der Waals surface area contributed by atoms with Crippen molar-refractivity contribution in [3.63, 3.8) is 0 Å². The second-order valence-corrected chi connectivity index (χ2v) is 6.91. The molecule has 0 amide bonds. The van der Waals surface area contributed by atoms with E-state index in [0.717, 1.165) is 0 Å². The summed E-state index contributed by atoms with van der Waals surface area (Å²) in [7, 11) is 2.00. The van der Waals surface area contributed by atoms with Crippen LogP contribution in [0.2, 0.25) is 0 Å². The van der Waals surface area contributed by atoms with Gasteiger partial charge in [-0.2, -0.15) is 0 Å². The maximum Gasteiger partial charge on any atom is 0.0289 e. The summed E-state index contributed by atoms with van der Waals surface area (Å²) in [5, 5.41) is 3.26. The van der Waals surface area contributed by atoms with Gasteiger partial charge in [-0.25, -0.2) is 0 Å². The molecule has 1 aromatic carbocycles. The Kier molecular flexibility index (Phi) is 5.54. The Hall–Kier alpha value is -0.470. The highest BCUT2D eigenvalue weighted by Crippen LogP contribution is 2.26. The third-order valence-corrected chi connectivity index (χ3v) is 3.95. The smallest absolute Gasteiger partial charge is 0.0289 e. The van der Waals surface area contributed by atoms with Crippen molar-refractivity contribution in [2.24, 2.45) is 5.41 Å². The van der Waals surface area contributed by atoms with Crippen molar-refractivity contribution < 1.29 is 0 Å². The molecular weight excluding hydrogens is 226 g/mol. The summed E-state index contributed by atoms with van der Waals surface area (Å²) in [6, 6.07) is 9.34. The molecule has 0 aliphatic carbocycles. The number of thioether (sulfide) groups is 1. The Morgan fingerprint density at radius 2 is 1.76 bits per heavy atom. The predicted molar refractivity (Wildman–Crippen MR) is 78.7 cm³/mol. The molecule has 0 spiro atoms. The third kappa shape index (κ3) is 5.60. The molecular formula is C15H25NS. The first-order valence-corrected chi connectivity index (χ1v) is 7.31. The molecule has 2 heteroatoms. The van der Waals surface area contributed by atoms with Crippen LogP contribution in [0.15, 0.2) is 29.2 Å². The van der Waals surface area contributed by atoms with Gasteiger partial charge in [0.25, 0.3) is 0 Å². The van der Waals surface area contributed by atoms with Crippen molar-refractivity contribution in [3.8, 4) is 0 Å². The molecule has 0 heterocycles. The summed E-state index contributed by atoms with van der Waals surface area (Å²) < 4.78 is 0. The Morgan fingerprint density at radius 3 is 2.24 bits per heavy atom. The SMILES string of the molecule is CNC(C)c1ccc(SCCC(C)(C)C)cc1. The zero-order valence-corrected chi connectivity index (χ0v) is 12.5. The first kappa shape index (κ1) is 14.6. The summed E-state index contributed by atoms with van der Waals surface area (Å²) in [6.45, 7) is 9.07. The molecule has 0 bridgehead atoms. The lowest BCUT2D eigenvalue weighted by atomic mass is 9.94. The fourth-order valence-corrected chi connectivity index (χ4v) is 2.77. The van der Waals surface area contributed by atoms with E-state index < -0.39 is 0 Å². The Morgan fingerprint density at radius 1 is 1.18 bits per heavy atom. The summed E-state index contributed by atoms with van der Waals surface area (Å²) in [4.78, 5) is 1.38. The van der Waals surface area contributed by atoms with Crippen molar-refractivity contribution in [1.82, 2.24) is 5.32 Å². The third-order valence-electron chi connectivity index (χ3n) is 2.93. The number of hydrogen-bond donors (Lipinski definition) is 1.